The second-order valence-corrected chi connectivity index (χ2v) is 14.7. The van der Waals surface area contributed by atoms with Crippen molar-refractivity contribution in [3.63, 3.8) is 0 Å². The zero-order valence-corrected chi connectivity index (χ0v) is 27.7. The van der Waals surface area contributed by atoms with Gasteiger partial charge < -0.3 is 15.1 Å². The number of pyridine rings is 2. The minimum absolute atomic E-state index is 0.0446. The number of nitrogens with zero attached hydrogens (tertiary/aromatic N) is 5. The second kappa shape index (κ2) is 13.0. The van der Waals surface area contributed by atoms with E-state index in [4.69, 9.17) is 0 Å². The Morgan fingerprint density at radius 2 is 1.21 bits per heavy atom. The van der Waals surface area contributed by atoms with Gasteiger partial charge in [0.2, 0.25) is 0 Å². The van der Waals surface area contributed by atoms with Gasteiger partial charge in [0.25, 0.3) is 15.7 Å². The predicted octanol–water partition coefficient (Wildman–Crippen LogP) is 6.15. The van der Waals surface area contributed by atoms with E-state index in [1.165, 1.54) is 0 Å². The fourth-order valence-corrected chi connectivity index (χ4v) is 8.24. The third-order valence-electron chi connectivity index (χ3n) is 10.1. The molecule has 3 aliphatic rings. The van der Waals surface area contributed by atoms with Crippen LogP contribution in [0.25, 0.3) is 0 Å². The van der Waals surface area contributed by atoms with Crippen LogP contribution in [0.1, 0.15) is 75.3 Å². The summed E-state index contributed by atoms with van der Waals surface area (Å²) >= 11 is 0. The van der Waals surface area contributed by atoms with Gasteiger partial charge in [0.15, 0.2) is 0 Å². The van der Waals surface area contributed by atoms with Crippen molar-refractivity contribution >= 4 is 38.8 Å². The zero-order valence-electron chi connectivity index (χ0n) is 26.9. The molecule has 2 aromatic heterocycles. The van der Waals surface area contributed by atoms with Gasteiger partial charge in [0.1, 0.15) is 5.54 Å². The molecule has 0 radical (unpaired) electrons. The van der Waals surface area contributed by atoms with E-state index in [9.17, 15) is 31.2 Å². The molecule has 0 bridgehead atoms. The number of hydrogen-bond acceptors (Lipinski definition) is 8. The summed E-state index contributed by atoms with van der Waals surface area (Å²) in [5.74, 6) is -1.79. The van der Waals surface area contributed by atoms with Gasteiger partial charge in [-0.2, -0.15) is 13.2 Å². The first kappa shape index (κ1) is 33.7. The van der Waals surface area contributed by atoms with Crippen LogP contribution in [0, 0.1) is 0 Å². The number of aromatic nitrogens is 2. The molecule has 10 nitrogen and oxygen atoms in total. The van der Waals surface area contributed by atoms with E-state index in [1.54, 1.807) is 24.8 Å². The quantitative estimate of drug-likeness (QED) is 0.281. The van der Waals surface area contributed by atoms with Crippen molar-refractivity contribution in [1.29, 1.82) is 0 Å². The molecule has 1 N–H and O–H groups in total. The summed E-state index contributed by atoms with van der Waals surface area (Å²) in [4.78, 5) is 42.1. The second-order valence-electron chi connectivity index (χ2n) is 12.8. The number of piperidine rings is 2. The molecule has 256 valence electrons. The molecule has 3 saturated heterocycles. The minimum Gasteiger partial charge on any atom is -0.370 e. The van der Waals surface area contributed by atoms with E-state index in [0.717, 1.165) is 116 Å². The van der Waals surface area contributed by atoms with Gasteiger partial charge in [0.05, 0.1) is 34.4 Å². The number of imide groups is 1. The van der Waals surface area contributed by atoms with Crippen molar-refractivity contribution in [2.75, 3.05) is 40.9 Å². The van der Waals surface area contributed by atoms with E-state index in [0.29, 0.717) is 0 Å². The molecule has 1 aromatic carbocycles. The number of rotatable bonds is 8. The van der Waals surface area contributed by atoms with Crippen molar-refractivity contribution in [1.82, 2.24) is 15.3 Å². The highest BCUT2D eigenvalue weighted by molar-refractivity contribution is 7.92. The lowest BCUT2D eigenvalue weighted by Crippen LogP contribution is -2.55. The minimum atomic E-state index is -5.62. The first-order valence-electron chi connectivity index (χ1n) is 16.3. The average Bonchev–Trinajstić information content (AvgIpc) is 3.37. The highest BCUT2D eigenvalue weighted by Crippen LogP contribution is 2.48. The van der Waals surface area contributed by atoms with E-state index in [-0.39, 0.29) is 5.69 Å². The summed E-state index contributed by atoms with van der Waals surface area (Å²) < 4.78 is 63.8. The first-order valence-corrected chi connectivity index (χ1v) is 17.8. The van der Waals surface area contributed by atoms with Crippen LogP contribution in [0.4, 0.5) is 35.0 Å². The van der Waals surface area contributed by atoms with Crippen molar-refractivity contribution in [3.05, 3.63) is 72.3 Å². The molecule has 0 spiro atoms. The lowest BCUT2D eigenvalue weighted by atomic mass is 9.69. The van der Waals surface area contributed by atoms with Crippen LogP contribution in [-0.4, -0.2) is 67.6 Å². The van der Waals surface area contributed by atoms with E-state index >= 15 is 0 Å². The van der Waals surface area contributed by atoms with E-state index in [1.807, 2.05) is 26.0 Å². The zero-order chi connectivity index (χ0) is 34.3. The number of urea groups is 1. The van der Waals surface area contributed by atoms with Crippen LogP contribution < -0.4 is 20.0 Å². The largest absolute Gasteiger partial charge is 0.501 e. The van der Waals surface area contributed by atoms with Crippen molar-refractivity contribution < 1.29 is 31.2 Å². The molecule has 3 aromatic rings. The lowest BCUT2D eigenvalue weighted by Gasteiger charge is -2.42. The Morgan fingerprint density at radius 1 is 0.750 bits per heavy atom. The first-order chi connectivity index (χ1) is 22.9. The molecule has 3 aliphatic heterocycles. The Hall–Kier alpha value is -4.20. The summed E-state index contributed by atoms with van der Waals surface area (Å²) in [6.45, 7) is 7.13. The third-order valence-corrected chi connectivity index (χ3v) is 11.6. The highest BCUT2D eigenvalue weighted by Gasteiger charge is 2.59. The topological polar surface area (TPSA) is 116 Å². The van der Waals surface area contributed by atoms with Crippen LogP contribution in [0.2, 0.25) is 0 Å². The maximum absolute atomic E-state index is 15.0. The van der Waals surface area contributed by atoms with Gasteiger partial charge in [-0.05, 0) is 86.1 Å². The molecular weight excluding hydrogens is 645 g/mol. The van der Waals surface area contributed by atoms with Crippen LogP contribution in [0.5, 0.6) is 0 Å². The smallest absolute Gasteiger partial charge is 0.370 e. The monoisotopic (exact) mass is 684 g/mol. The van der Waals surface area contributed by atoms with Gasteiger partial charge in [-0.25, -0.2) is 18.1 Å². The molecule has 6 rings (SSSR count). The summed E-state index contributed by atoms with van der Waals surface area (Å²) in [6.07, 6.45) is 13.2. The number of halogens is 3. The van der Waals surface area contributed by atoms with Crippen molar-refractivity contribution in [3.8, 4) is 0 Å². The van der Waals surface area contributed by atoms with Crippen LogP contribution in [-0.2, 0) is 14.6 Å². The molecular formula is C34H39F3N6O4S. The van der Waals surface area contributed by atoms with Crippen molar-refractivity contribution in [2.45, 2.75) is 80.2 Å². The summed E-state index contributed by atoms with van der Waals surface area (Å²) in [6, 6.07) is 6.63. The number of anilines is 3. The Kier molecular flexibility index (Phi) is 9.14. The molecule has 2 unspecified atom stereocenters. The maximum Gasteiger partial charge on any atom is 0.501 e. The average molecular weight is 685 g/mol. The number of hydrogen-bond donors (Lipinski definition) is 1. The third kappa shape index (κ3) is 5.77. The fraction of sp³-hybridized carbons (Fsp3) is 0.471. The van der Waals surface area contributed by atoms with Gasteiger partial charge in [-0.1, -0.05) is 13.8 Å². The molecule has 0 saturated carbocycles. The molecule has 5 heterocycles. The standard InChI is InChI=1S/C34H39F3N6O4S/c1-23(27-13-15-38-21-29(27)41-17-5-3-6-18-41)33(24(2)28-14-16-39-22-30(28)42-19-7-4-8-20-42)31(44)43(32(45)40-33)25-9-11-26(12-10-25)48(46,47)34(35,36)37/h9-16,21-24H,3-8,17-20H2,1-2H3,(H,40,45). The van der Waals surface area contributed by atoms with E-state index in [2.05, 4.69) is 25.1 Å². The molecule has 0 aliphatic carbocycles. The normalized spacial score (nSPS) is 22.1. The van der Waals surface area contributed by atoms with Gasteiger partial charge >= 0.3 is 11.5 Å². The SMILES string of the molecule is CC(c1ccncc1N1CCCCC1)C1(C(C)c2ccncc2N2CCCCC2)NC(=O)N(c2ccc(S(=O)(=O)C(F)(F)F)cc2)C1=O. The van der Waals surface area contributed by atoms with Crippen LogP contribution in [0.3, 0.4) is 0 Å². The van der Waals surface area contributed by atoms with E-state index < -0.39 is 49.6 Å². The van der Waals surface area contributed by atoms with Gasteiger partial charge in [-0.15, -0.1) is 0 Å². The summed E-state index contributed by atoms with van der Waals surface area (Å²) in [5.41, 5.74) is -3.68. The Bertz CT molecular complexity index is 1710. The lowest BCUT2D eigenvalue weighted by molar-refractivity contribution is -0.123. The Labute approximate surface area is 278 Å². The highest BCUT2D eigenvalue weighted by atomic mass is 32.2. The van der Waals surface area contributed by atoms with Gasteiger partial charge in [-0.3, -0.25) is 14.8 Å². The Balaban J connectivity index is 1.47. The summed E-state index contributed by atoms with van der Waals surface area (Å²) in [5, 5.41) is 3.05. The molecule has 3 amide bonds. The maximum atomic E-state index is 15.0. The molecule has 3 fully saturated rings. The Morgan fingerprint density at radius 3 is 1.65 bits per heavy atom. The molecule has 14 heteroatoms. The van der Waals surface area contributed by atoms with Crippen molar-refractivity contribution in [2.24, 2.45) is 0 Å². The number of amides is 3. The predicted molar refractivity (Wildman–Crippen MR) is 176 cm³/mol. The summed E-state index contributed by atoms with van der Waals surface area (Å²) in [7, 11) is -5.62. The fourth-order valence-electron chi connectivity index (χ4n) is 7.48. The number of benzene rings is 1. The number of sulfone groups is 1. The number of nitrogens with one attached hydrogen (secondary N) is 1. The number of alkyl halides is 3. The number of carbonyl (C=O) groups excluding carboxylic acids is 2. The van der Waals surface area contributed by atoms with Crippen LogP contribution >= 0.6 is 0 Å². The molecule has 2 atom stereocenters. The van der Waals surface area contributed by atoms with Gasteiger partial charge in [0, 0.05) is 50.4 Å². The van der Waals surface area contributed by atoms with Crippen LogP contribution in [0.15, 0.2) is 66.1 Å². The number of carbonyl (C=O) groups is 2. The molecule has 48 heavy (non-hydrogen) atoms.